The maximum Gasteiger partial charge on any atom is 0.149 e. The summed E-state index contributed by atoms with van der Waals surface area (Å²) in [6.07, 6.45) is 0.838. The Morgan fingerprint density at radius 2 is 2.11 bits per heavy atom. The minimum absolute atomic E-state index is 0.326. The third-order valence-electron chi connectivity index (χ3n) is 3.18. The lowest BCUT2D eigenvalue weighted by Crippen LogP contribution is -2.03. The molecule has 96 valence electrons. The van der Waals surface area contributed by atoms with Gasteiger partial charge in [-0.3, -0.25) is 0 Å². The Bertz CT molecular complexity index is 596. The van der Waals surface area contributed by atoms with E-state index in [2.05, 4.69) is 17.2 Å². The summed E-state index contributed by atoms with van der Waals surface area (Å²) in [6, 6.07) is 3.02. The Morgan fingerprint density at radius 1 is 1.39 bits per heavy atom. The van der Waals surface area contributed by atoms with Crippen molar-refractivity contribution < 1.29 is 9.13 Å². The highest BCUT2D eigenvalue weighted by molar-refractivity contribution is 5.98. The van der Waals surface area contributed by atoms with Gasteiger partial charge in [-0.1, -0.05) is 6.92 Å². The molecule has 1 aromatic heterocycles. The average molecular weight is 248 g/mol. The highest BCUT2D eigenvalue weighted by atomic mass is 19.1. The summed E-state index contributed by atoms with van der Waals surface area (Å²) in [5.41, 5.74) is 3.19. The molecule has 18 heavy (non-hydrogen) atoms. The molecule has 0 spiro atoms. The molecule has 0 aliphatic rings. The monoisotopic (exact) mass is 248 g/mol. The SMILES string of the molecule is CCc1c(C)nc2c(F)ccc(OC)c2c1NC. The van der Waals surface area contributed by atoms with Crippen molar-refractivity contribution in [2.75, 3.05) is 19.5 Å². The average Bonchev–Trinajstić information content (AvgIpc) is 2.38. The Balaban J connectivity index is 2.97. The Morgan fingerprint density at radius 3 is 2.67 bits per heavy atom. The van der Waals surface area contributed by atoms with E-state index in [4.69, 9.17) is 4.74 Å². The van der Waals surface area contributed by atoms with Gasteiger partial charge in [0.15, 0.2) is 0 Å². The summed E-state index contributed by atoms with van der Waals surface area (Å²) in [7, 11) is 3.41. The van der Waals surface area contributed by atoms with Gasteiger partial charge in [-0.15, -0.1) is 0 Å². The first kappa shape index (κ1) is 12.6. The first-order valence-electron chi connectivity index (χ1n) is 5.97. The van der Waals surface area contributed by atoms with Crippen molar-refractivity contribution in [2.24, 2.45) is 0 Å². The number of aryl methyl sites for hydroxylation is 1. The van der Waals surface area contributed by atoms with Gasteiger partial charge in [-0.05, 0) is 31.0 Å². The number of halogens is 1. The van der Waals surface area contributed by atoms with Gasteiger partial charge in [0.1, 0.15) is 17.1 Å². The van der Waals surface area contributed by atoms with Gasteiger partial charge in [-0.2, -0.15) is 0 Å². The molecule has 0 atom stereocenters. The van der Waals surface area contributed by atoms with Crippen LogP contribution in [0.1, 0.15) is 18.2 Å². The van der Waals surface area contributed by atoms with Crippen LogP contribution in [0, 0.1) is 12.7 Å². The number of benzene rings is 1. The van der Waals surface area contributed by atoms with Crippen molar-refractivity contribution in [3.63, 3.8) is 0 Å². The highest BCUT2D eigenvalue weighted by Gasteiger charge is 2.16. The van der Waals surface area contributed by atoms with Crippen molar-refractivity contribution in [3.8, 4) is 5.75 Å². The molecule has 0 radical (unpaired) electrons. The van der Waals surface area contributed by atoms with E-state index >= 15 is 0 Å². The molecule has 0 saturated carbocycles. The number of methoxy groups -OCH3 is 1. The van der Waals surface area contributed by atoms with Crippen LogP contribution in [0.2, 0.25) is 0 Å². The molecule has 4 heteroatoms. The molecule has 1 heterocycles. The zero-order valence-corrected chi connectivity index (χ0v) is 11.1. The normalized spacial score (nSPS) is 10.7. The van der Waals surface area contributed by atoms with E-state index in [-0.39, 0.29) is 5.82 Å². The summed E-state index contributed by atoms with van der Waals surface area (Å²) < 4.78 is 19.2. The zero-order valence-electron chi connectivity index (χ0n) is 11.1. The molecule has 0 aliphatic carbocycles. The van der Waals surface area contributed by atoms with E-state index in [1.807, 2.05) is 14.0 Å². The molecule has 2 aromatic rings. The first-order valence-corrected chi connectivity index (χ1v) is 5.97. The van der Waals surface area contributed by atoms with Crippen LogP contribution in [-0.2, 0) is 6.42 Å². The van der Waals surface area contributed by atoms with Gasteiger partial charge in [-0.25, -0.2) is 9.37 Å². The molecule has 0 saturated heterocycles. The summed E-state index contributed by atoms with van der Waals surface area (Å²) in [6.45, 7) is 3.96. The standard InChI is InChI=1S/C14H17FN2O/c1-5-9-8(2)17-14-10(15)6-7-11(18-4)12(14)13(9)16-3/h6-7H,5H2,1-4H3,(H,16,17). The summed E-state index contributed by atoms with van der Waals surface area (Å²) in [5.74, 6) is 0.311. The van der Waals surface area contributed by atoms with E-state index in [9.17, 15) is 4.39 Å². The van der Waals surface area contributed by atoms with Crippen LogP contribution in [0.25, 0.3) is 10.9 Å². The summed E-state index contributed by atoms with van der Waals surface area (Å²) in [4.78, 5) is 4.37. The van der Waals surface area contributed by atoms with E-state index < -0.39 is 0 Å². The molecule has 2 rings (SSSR count). The van der Waals surface area contributed by atoms with Crippen LogP contribution in [0.5, 0.6) is 5.75 Å². The number of anilines is 1. The van der Waals surface area contributed by atoms with Crippen LogP contribution >= 0.6 is 0 Å². The maximum absolute atomic E-state index is 13.9. The van der Waals surface area contributed by atoms with E-state index in [1.165, 1.54) is 6.07 Å². The zero-order chi connectivity index (χ0) is 13.3. The highest BCUT2D eigenvalue weighted by Crippen LogP contribution is 2.36. The maximum atomic E-state index is 13.9. The van der Waals surface area contributed by atoms with Crippen molar-refractivity contribution in [3.05, 3.63) is 29.2 Å². The number of nitrogens with zero attached hydrogens (tertiary/aromatic N) is 1. The van der Waals surface area contributed by atoms with Crippen molar-refractivity contribution in [1.29, 1.82) is 0 Å². The number of rotatable bonds is 3. The van der Waals surface area contributed by atoms with Gasteiger partial charge in [0.25, 0.3) is 0 Å². The minimum atomic E-state index is -0.326. The fourth-order valence-corrected chi connectivity index (χ4v) is 2.34. The largest absolute Gasteiger partial charge is 0.496 e. The Kier molecular flexibility index (Phi) is 3.36. The van der Waals surface area contributed by atoms with E-state index in [0.29, 0.717) is 16.7 Å². The molecule has 1 aromatic carbocycles. The van der Waals surface area contributed by atoms with Crippen molar-refractivity contribution >= 4 is 16.6 Å². The molecule has 0 aliphatic heterocycles. The smallest absolute Gasteiger partial charge is 0.149 e. The quantitative estimate of drug-likeness (QED) is 0.905. The molecule has 0 fully saturated rings. The number of hydrogen-bond donors (Lipinski definition) is 1. The topological polar surface area (TPSA) is 34.1 Å². The number of ether oxygens (including phenoxy) is 1. The predicted molar refractivity (Wildman–Crippen MR) is 71.9 cm³/mol. The molecule has 1 N–H and O–H groups in total. The van der Waals surface area contributed by atoms with E-state index in [0.717, 1.165) is 23.4 Å². The second-order valence-corrected chi connectivity index (χ2v) is 4.13. The summed E-state index contributed by atoms with van der Waals surface area (Å²) >= 11 is 0. The van der Waals surface area contributed by atoms with Gasteiger partial charge in [0.2, 0.25) is 0 Å². The van der Waals surface area contributed by atoms with Crippen LogP contribution in [-0.4, -0.2) is 19.1 Å². The fraction of sp³-hybridized carbons (Fsp3) is 0.357. The van der Waals surface area contributed by atoms with Crippen LogP contribution in [0.4, 0.5) is 10.1 Å². The number of fused-ring (bicyclic) bond motifs is 1. The molecular formula is C14H17FN2O. The first-order chi connectivity index (χ1) is 8.63. The lowest BCUT2D eigenvalue weighted by molar-refractivity contribution is 0.419. The second kappa shape index (κ2) is 4.80. The van der Waals surface area contributed by atoms with E-state index in [1.54, 1.807) is 13.2 Å². The van der Waals surface area contributed by atoms with Crippen molar-refractivity contribution in [2.45, 2.75) is 20.3 Å². The second-order valence-electron chi connectivity index (χ2n) is 4.13. The Hall–Kier alpha value is -1.84. The number of nitrogens with one attached hydrogen (secondary N) is 1. The van der Waals surface area contributed by atoms with Gasteiger partial charge in [0.05, 0.1) is 18.2 Å². The van der Waals surface area contributed by atoms with Crippen LogP contribution < -0.4 is 10.1 Å². The third-order valence-corrected chi connectivity index (χ3v) is 3.18. The van der Waals surface area contributed by atoms with Crippen LogP contribution in [0.3, 0.4) is 0 Å². The lowest BCUT2D eigenvalue weighted by Gasteiger charge is -2.16. The van der Waals surface area contributed by atoms with Gasteiger partial charge in [0, 0.05) is 12.7 Å². The Labute approximate surface area is 106 Å². The molecule has 0 amide bonds. The number of pyridine rings is 1. The van der Waals surface area contributed by atoms with Crippen LogP contribution in [0.15, 0.2) is 12.1 Å². The molecule has 0 unspecified atom stereocenters. The number of aromatic nitrogens is 1. The van der Waals surface area contributed by atoms with Gasteiger partial charge < -0.3 is 10.1 Å². The fourth-order valence-electron chi connectivity index (χ4n) is 2.34. The lowest BCUT2D eigenvalue weighted by atomic mass is 10.0. The van der Waals surface area contributed by atoms with Gasteiger partial charge >= 0.3 is 0 Å². The molecule has 0 bridgehead atoms. The predicted octanol–water partition coefficient (Wildman–Crippen LogP) is 3.30. The molecular weight excluding hydrogens is 231 g/mol. The third kappa shape index (κ3) is 1.78. The summed E-state index contributed by atoms with van der Waals surface area (Å²) in [5, 5.41) is 3.86. The van der Waals surface area contributed by atoms with Crippen molar-refractivity contribution in [1.82, 2.24) is 4.98 Å². The molecule has 3 nitrogen and oxygen atoms in total. The minimum Gasteiger partial charge on any atom is -0.496 e. The number of hydrogen-bond acceptors (Lipinski definition) is 3.